The van der Waals surface area contributed by atoms with Crippen LogP contribution in [-0.4, -0.2) is 42.6 Å². The monoisotopic (exact) mass is 581 g/mol. The first-order valence-electron chi connectivity index (χ1n) is 12.5. The maximum Gasteiger partial charge on any atom is 0.417 e. The summed E-state index contributed by atoms with van der Waals surface area (Å²) in [6, 6.07) is 14.1. The Balaban J connectivity index is 1.58. The Morgan fingerprint density at radius 2 is 1.67 bits per heavy atom. The molecule has 0 radical (unpaired) electrons. The van der Waals surface area contributed by atoms with Crippen LogP contribution in [0.15, 0.2) is 60.7 Å². The average Bonchev–Trinajstić information content (AvgIpc) is 3.11. The lowest BCUT2D eigenvalue weighted by molar-refractivity contribution is -0.137. The predicted octanol–water partition coefficient (Wildman–Crippen LogP) is 5.99. The first-order chi connectivity index (χ1) is 19.8. The van der Waals surface area contributed by atoms with E-state index in [2.05, 4.69) is 10.6 Å². The lowest BCUT2D eigenvalue weighted by Crippen LogP contribution is -2.43. The fourth-order valence-electron chi connectivity index (χ4n) is 4.48. The van der Waals surface area contributed by atoms with E-state index in [0.717, 1.165) is 12.1 Å². The lowest BCUT2D eigenvalue weighted by Gasteiger charge is -2.28. The summed E-state index contributed by atoms with van der Waals surface area (Å²) in [4.78, 5) is 41.5. The van der Waals surface area contributed by atoms with Gasteiger partial charge in [-0.3, -0.25) is 4.79 Å². The molecule has 1 saturated heterocycles. The third-order valence-electron chi connectivity index (χ3n) is 6.75. The number of alkyl halides is 3. The standard InChI is InChI=1S/C29H26F3N5O5/c1-28(2)25(38)37(20-11-9-17(15-33)21(14-20)29(30,31)32)27(40)36(28)16-18-7-5-6-8-22(18)35-26(39)34-19-10-12-23(41-3)24(13-19)42-4/h5-14H,16H2,1-4H3,(H2,34,35,39). The van der Waals surface area contributed by atoms with Crippen LogP contribution in [0, 0.1) is 11.3 Å². The van der Waals surface area contributed by atoms with Crippen LogP contribution in [0.5, 0.6) is 11.5 Å². The van der Waals surface area contributed by atoms with Crippen LogP contribution in [0.3, 0.4) is 0 Å². The second-order valence-electron chi connectivity index (χ2n) is 9.71. The lowest BCUT2D eigenvalue weighted by atomic mass is 10.0. The number of carbonyl (C=O) groups excluding carboxylic acids is 3. The highest BCUT2D eigenvalue weighted by atomic mass is 19.4. The summed E-state index contributed by atoms with van der Waals surface area (Å²) in [5.74, 6) is 0.136. The predicted molar refractivity (Wildman–Crippen MR) is 147 cm³/mol. The number of nitrogens with zero attached hydrogens (tertiary/aromatic N) is 3. The van der Waals surface area contributed by atoms with Crippen molar-refractivity contribution in [3.63, 3.8) is 0 Å². The molecule has 13 heteroatoms. The number of amides is 5. The number of carbonyl (C=O) groups is 3. The number of nitriles is 1. The number of hydrogen-bond acceptors (Lipinski definition) is 6. The number of methoxy groups -OCH3 is 2. The quantitative estimate of drug-likeness (QED) is 0.331. The fourth-order valence-corrected chi connectivity index (χ4v) is 4.48. The Morgan fingerprint density at radius 3 is 2.31 bits per heavy atom. The van der Waals surface area contributed by atoms with Gasteiger partial charge in [0.1, 0.15) is 5.54 Å². The molecule has 5 amide bonds. The molecule has 0 aliphatic carbocycles. The number of halogens is 3. The molecule has 1 aliphatic heterocycles. The summed E-state index contributed by atoms with van der Waals surface area (Å²) in [6.45, 7) is 2.80. The van der Waals surface area contributed by atoms with Crippen molar-refractivity contribution in [2.75, 3.05) is 29.8 Å². The minimum Gasteiger partial charge on any atom is -0.493 e. The second kappa shape index (κ2) is 11.3. The Bertz CT molecular complexity index is 1600. The van der Waals surface area contributed by atoms with E-state index in [-0.39, 0.29) is 12.2 Å². The van der Waals surface area contributed by atoms with E-state index in [1.165, 1.54) is 39.0 Å². The van der Waals surface area contributed by atoms with E-state index in [1.807, 2.05) is 0 Å². The van der Waals surface area contributed by atoms with Gasteiger partial charge in [0.05, 0.1) is 43.6 Å². The van der Waals surface area contributed by atoms with Gasteiger partial charge in [-0.1, -0.05) is 18.2 Å². The van der Waals surface area contributed by atoms with Gasteiger partial charge in [-0.15, -0.1) is 0 Å². The zero-order valence-electron chi connectivity index (χ0n) is 23.0. The minimum absolute atomic E-state index is 0.150. The molecule has 3 aromatic carbocycles. The molecule has 218 valence electrons. The highest BCUT2D eigenvalue weighted by Crippen LogP contribution is 2.38. The van der Waals surface area contributed by atoms with Gasteiger partial charge in [0.2, 0.25) is 0 Å². The van der Waals surface area contributed by atoms with Crippen molar-refractivity contribution in [1.29, 1.82) is 5.26 Å². The summed E-state index contributed by atoms with van der Waals surface area (Å²) >= 11 is 0. The van der Waals surface area contributed by atoms with E-state index in [4.69, 9.17) is 14.7 Å². The largest absolute Gasteiger partial charge is 0.493 e. The van der Waals surface area contributed by atoms with Gasteiger partial charge in [0.15, 0.2) is 11.5 Å². The molecule has 42 heavy (non-hydrogen) atoms. The molecule has 0 unspecified atom stereocenters. The molecule has 0 spiro atoms. The topological polar surface area (TPSA) is 124 Å². The van der Waals surface area contributed by atoms with E-state index in [9.17, 15) is 27.6 Å². The smallest absolute Gasteiger partial charge is 0.417 e. The van der Waals surface area contributed by atoms with Crippen LogP contribution in [0.25, 0.3) is 0 Å². The van der Waals surface area contributed by atoms with Gasteiger partial charge in [-0.2, -0.15) is 18.4 Å². The third kappa shape index (κ3) is 5.64. The number of imide groups is 1. The van der Waals surface area contributed by atoms with Crippen molar-refractivity contribution < 1.29 is 37.0 Å². The van der Waals surface area contributed by atoms with E-state index < -0.39 is 40.8 Å². The molecule has 2 N–H and O–H groups in total. The van der Waals surface area contributed by atoms with Gasteiger partial charge >= 0.3 is 18.2 Å². The molecular weight excluding hydrogens is 555 g/mol. The maximum absolute atomic E-state index is 13.6. The minimum atomic E-state index is -4.87. The molecule has 10 nitrogen and oxygen atoms in total. The second-order valence-corrected chi connectivity index (χ2v) is 9.71. The van der Waals surface area contributed by atoms with Crippen molar-refractivity contribution in [1.82, 2.24) is 4.90 Å². The average molecular weight is 582 g/mol. The van der Waals surface area contributed by atoms with Gasteiger partial charge in [0.25, 0.3) is 5.91 Å². The summed E-state index contributed by atoms with van der Waals surface area (Å²) in [7, 11) is 2.94. The molecule has 1 fully saturated rings. The first kappa shape index (κ1) is 29.7. The van der Waals surface area contributed by atoms with Crippen LogP contribution in [-0.2, 0) is 17.5 Å². The molecule has 0 bridgehead atoms. The van der Waals surface area contributed by atoms with Crippen LogP contribution >= 0.6 is 0 Å². The molecule has 4 rings (SSSR count). The number of nitrogens with one attached hydrogen (secondary N) is 2. The van der Waals surface area contributed by atoms with Gasteiger partial charge in [-0.25, -0.2) is 14.5 Å². The molecule has 0 aromatic heterocycles. The summed E-state index contributed by atoms with van der Waals surface area (Å²) in [5.41, 5.74) is -2.43. The molecular formula is C29H26F3N5O5. The highest BCUT2D eigenvalue weighted by Gasteiger charge is 2.52. The van der Waals surface area contributed by atoms with Crippen LogP contribution in [0.4, 0.5) is 39.8 Å². The van der Waals surface area contributed by atoms with Gasteiger partial charge in [-0.05, 0) is 55.8 Å². The van der Waals surface area contributed by atoms with Gasteiger partial charge in [0, 0.05) is 17.4 Å². The Labute approximate surface area is 239 Å². The number of ether oxygens (including phenoxy) is 2. The Kier molecular flexibility index (Phi) is 8.01. The number of urea groups is 2. The van der Waals surface area contributed by atoms with Crippen molar-refractivity contribution in [3.8, 4) is 17.6 Å². The van der Waals surface area contributed by atoms with Crippen LogP contribution in [0.2, 0.25) is 0 Å². The number of benzene rings is 3. The Morgan fingerprint density at radius 1 is 0.976 bits per heavy atom. The molecule has 1 heterocycles. The van der Waals surface area contributed by atoms with Crippen molar-refractivity contribution in [2.45, 2.75) is 32.1 Å². The zero-order valence-corrected chi connectivity index (χ0v) is 23.0. The molecule has 1 aliphatic rings. The SMILES string of the molecule is COc1ccc(NC(=O)Nc2ccccc2CN2C(=O)N(c3ccc(C#N)c(C(F)(F)F)c3)C(=O)C2(C)C)cc1OC. The van der Waals surface area contributed by atoms with Crippen molar-refractivity contribution >= 4 is 35.0 Å². The van der Waals surface area contributed by atoms with E-state index in [1.54, 1.807) is 42.5 Å². The normalized spacial score (nSPS) is 14.4. The van der Waals surface area contributed by atoms with Gasteiger partial charge < -0.3 is 25.0 Å². The maximum atomic E-state index is 13.6. The van der Waals surface area contributed by atoms with E-state index in [0.29, 0.717) is 39.4 Å². The summed E-state index contributed by atoms with van der Waals surface area (Å²) < 4.78 is 51.2. The number of rotatable bonds is 7. The van der Waals surface area contributed by atoms with Crippen LogP contribution < -0.4 is 25.0 Å². The van der Waals surface area contributed by atoms with E-state index >= 15 is 0 Å². The highest BCUT2D eigenvalue weighted by molar-refractivity contribution is 6.23. The summed E-state index contributed by atoms with van der Waals surface area (Å²) in [6.07, 6.45) is -4.87. The summed E-state index contributed by atoms with van der Waals surface area (Å²) in [5, 5.41) is 14.5. The molecule has 0 atom stereocenters. The fraction of sp³-hybridized carbons (Fsp3) is 0.241. The first-order valence-corrected chi connectivity index (χ1v) is 12.5. The van der Waals surface area contributed by atoms with Crippen molar-refractivity contribution in [3.05, 3.63) is 77.4 Å². The zero-order chi connectivity index (χ0) is 30.8. The van der Waals surface area contributed by atoms with Crippen LogP contribution in [0.1, 0.15) is 30.5 Å². The molecule has 0 saturated carbocycles. The number of para-hydroxylation sites is 1. The number of hydrogen-bond donors (Lipinski definition) is 2. The Hall–Kier alpha value is -5.25. The van der Waals surface area contributed by atoms with Crippen molar-refractivity contribution in [2.24, 2.45) is 0 Å². The molecule has 3 aromatic rings. The third-order valence-corrected chi connectivity index (χ3v) is 6.75. The number of anilines is 3.